The van der Waals surface area contributed by atoms with E-state index in [1.54, 1.807) is 43.5 Å². The van der Waals surface area contributed by atoms with Crippen LogP contribution in [0.15, 0.2) is 48.5 Å². The number of phenols is 1. The van der Waals surface area contributed by atoms with Crippen LogP contribution in [0.4, 0.5) is 0 Å². The van der Waals surface area contributed by atoms with Gasteiger partial charge in [-0.05, 0) is 24.3 Å². The Bertz CT molecular complexity index is 573. The highest BCUT2D eigenvalue weighted by Crippen LogP contribution is 2.25. The van der Waals surface area contributed by atoms with E-state index in [1.165, 1.54) is 7.11 Å². The van der Waals surface area contributed by atoms with Crippen molar-refractivity contribution < 1.29 is 29.5 Å². The van der Waals surface area contributed by atoms with E-state index in [0.717, 1.165) is 0 Å². The Balaban J connectivity index is 0.000000253. The zero-order chi connectivity index (χ0) is 17.1. The second-order valence-corrected chi connectivity index (χ2v) is 4.47. The summed E-state index contributed by atoms with van der Waals surface area (Å²) in [5, 5.41) is 26.6. The van der Waals surface area contributed by atoms with Crippen molar-refractivity contribution in [2.24, 2.45) is 0 Å². The maximum atomic E-state index is 9.07. The molecule has 0 bridgehead atoms. The van der Waals surface area contributed by atoms with Crippen molar-refractivity contribution in [3.63, 3.8) is 0 Å². The zero-order valence-corrected chi connectivity index (χ0v) is 13.2. The van der Waals surface area contributed by atoms with Gasteiger partial charge in [0.2, 0.25) is 0 Å². The normalized spacial score (nSPS) is 11.0. The molecule has 2 rings (SSSR count). The zero-order valence-electron chi connectivity index (χ0n) is 13.2. The summed E-state index contributed by atoms with van der Waals surface area (Å²) in [6, 6.07) is 14.0. The SMILES string of the molecule is COc1ccccc1O.COc1ccccc1OCC(O)CO. The molecule has 1 atom stereocenters. The molecule has 2 aromatic rings. The van der Waals surface area contributed by atoms with Gasteiger partial charge in [0.1, 0.15) is 12.7 Å². The van der Waals surface area contributed by atoms with Crippen LogP contribution < -0.4 is 14.2 Å². The standard InChI is InChI=1S/C10H14O4.C7H8O2/c1-13-9-4-2-3-5-10(9)14-7-8(12)6-11;1-9-7-5-3-2-4-6(7)8/h2-5,8,11-12H,6-7H2,1H3;2-5,8H,1H3. The van der Waals surface area contributed by atoms with E-state index >= 15 is 0 Å². The fraction of sp³-hybridized carbons (Fsp3) is 0.294. The lowest BCUT2D eigenvalue weighted by Gasteiger charge is -2.12. The summed E-state index contributed by atoms with van der Waals surface area (Å²) in [5.41, 5.74) is 0. The number of methoxy groups -OCH3 is 2. The molecule has 6 nitrogen and oxygen atoms in total. The molecule has 0 fully saturated rings. The molecule has 0 amide bonds. The number of rotatable bonds is 6. The molecule has 0 heterocycles. The molecule has 0 saturated heterocycles. The maximum Gasteiger partial charge on any atom is 0.161 e. The summed E-state index contributed by atoms with van der Waals surface area (Å²) in [7, 11) is 3.07. The average Bonchev–Trinajstić information content (AvgIpc) is 2.60. The number of ether oxygens (including phenoxy) is 3. The molecule has 0 aromatic heterocycles. The molecule has 1 unspecified atom stereocenters. The minimum Gasteiger partial charge on any atom is -0.504 e. The van der Waals surface area contributed by atoms with E-state index in [2.05, 4.69) is 0 Å². The number of benzene rings is 2. The lowest BCUT2D eigenvalue weighted by Crippen LogP contribution is -2.21. The van der Waals surface area contributed by atoms with Crippen molar-refractivity contribution >= 4 is 0 Å². The van der Waals surface area contributed by atoms with Crippen LogP contribution in [0.25, 0.3) is 0 Å². The Morgan fingerprint density at radius 3 is 1.87 bits per heavy atom. The fourth-order valence-electron chi connectivity index (χ4n) is 1.61. The molecule has 0 aliphatic carbocycles. The first-order chi connectivity index (χ1) is 11.1. The molecular weight excluding hydrogens is 300 g/mol. The third-order valence-electron chi connectivity index (χ3n) is 2.80. The summed E-state index contributed by atoms with van der Waals surface area (Å²) in [5.74, 6) is 1.86. The molecule has 0 aliphatic heterocycles. The summed E-state index contributed by atoms with van der Waals surface area (Å²) in [4.78, 5) is 0. The number of hydrogen-bond acceptors (Lipinski definition) is 6. The van der Waals surface area contributed by atoms with Gasteiger partial charge in [-0.1, -0.05) is 24.3 Å². The first kappa shape index (κ1) is 18.6. The fourth-order valence-corrected chi connectivity index (χ4v) is 1.61. The molecular formula is C17H22O6. The van der Waals surface area contributed by atoms with E-state index in [0.29, 0.717) is 17.2 Å². The molecule has 3 N–H and O–H groups in total. The molecule has 23 heavy (non-hydrogen) atoms. The van der Waals surface area contributed by atoms with Gasteiger partial charge in [0.15, 0.2) is 23.0 Å². The van der Waals surface area contributed by atoms with Crippen molar-refractivity contribution in [1.29, 1.82) is 0 Å². The van der Waals surface area contributed by atoms with E-state index in [1.807, 2.05) is 12.1 Å². The number of hydrogen-bond donors (Lipinski definition) is 3. The minimum absolute atomic E-state index is 0.0525. The Kier molecular flexibility index (Phi) is 8.34. The van der Waals surface area contributed by atoms with Crippen LogP contribution in [-0.4, -0.2) is 48.9 Å². The first-order valence-electron chi connectivity index (χ1n) is 6.99. The molecule has 0 spiro atoms. The van der Waals surface area contributed by atoms with Gasteiger partial charge in [0, 0.05) is 0 Å². The number of aromatic hydroxyl groups is 1. The molecule has 6 heteroatoms. The first-order valence-corrected chi connectivity index (χ1v) is 6.99. The van der Waals surface area contributed by atoms with Crippen molar-refractivity contribution in [3.8, 4) is 23.0 Å². The summed E-state index contributed by atoms with van der Waals surface area (Å²) in [6.07, 6.45) is -0.861. The third kappa shape index (κ3) is 6.46. The van der Waals surface area contributed by atoms with Crippen molar-refractivity contribution in [2.45, 2.75) is 6.10 Å². The van der Waals surface area contributed by atoms with Crippen molar-refractivity contribution in [3.05, 3.63) is 48.5 Å². The topological polar surface area (TPSA) is 88.4 Å². The van der Waals surface area contributed by atoms with Gasteiger partial charge in [-0.3, -0.25) is 0 Å². The highest BCUT2D eigenvalue weighted by atomic mass is 16.5. The smallest absolute Gasteiger partial charge is 0.161 e. The van der Waals surface area contributed by atoms with Crippen LogP contribution in [0.2, 0.25) is 0 Å². The highest BCUT2D eigenvalue weighted by Gasteiger charge is 2.06. The van der Waals surface area contributed by atoms with Crippen LogP contribution in [0.5, 0.6) is 23.0 Å². The summed E-state index contributed by atoms with van der Waals surface area (Å²) < 4.78 is 15.1. The van der Waals surface area contributed by atoms with E-state index in [-0.39, 0.29) is 19.0 Å². The predicted octanol–water partition coefficient (Wildman–Crippen LogP) is 1.83. The van der Waals surface area contributed by atoms with Gasteiger partial charge in [0.05, 0.1) is 20.8 Å². The minimum atomic E-state index is -0.861. The lowest BCUT2D eigenvalue weighted by atomic mass is 10.3. The lowest BCUT2D eigenvalue weighted by molar-refractivity contribution is 0.0527. The second kappa shape index (κ2) is 10.3. The van der Waals surface area contributed by atoms with Gasteiger partial charge >= 0.3 is 0 Å². The molecule has 126 valence electrons. The quantitative estimate of drug-likeness (QED) is 0.752. The summed E-state index contributed by atoms with van der Waals surface area (Å²) in [6.45, 7) is -0.258. The van der Waals surface area contributed by atoms with Crippen molar-refractivity contribution in [1.82, 2.24) is 0 Å². The van der Waals surface area contributed by atoms with Crippen molar-refractivity contribution in [2.75, 3.05) is 27.4 Å². The number of para-hydroxylation sites is 4. The van der Waals surface area contributed by atoms with Gasteiger partial charge in [-0.15, -0.1) is 0 Å². The summed E-state index contributed by atoms with van der Waals surface area (Å²) >= 11 is 0. The highest BCUT2D eigenvalue weighted by molar-refractivity contribution is 5.39. The van der Waals surface area contributed by atoms with Crippen LogP contribution in [-0.2, 0) is 0 Å². The molecule has 0 radical (unpaired) electrons. The van der Waals surface area contributed by atoms with Gasteiger partial charge in [0.25, 0.3) is 0 Å². The predicted molar refractivity (Wildman–Crippen MR) is 86.2 cm³/mol. The molecule has 0 aliphatic rings. The molecule has 0 saturated carbocycles. The monoisotopic (exact) mass is 322 g/mol. The Morgan fingerprint density at radius 1 is 0.870 bits per heavy atom. The van der Waals surface area contributed by atoms with E-state index in [9.17, 15) is 0 Å². The Hall–Kier alpha value is -2.44. The Labute approximate surface area is 135 Å². The van der Waals surface area contributed by atoms with Gasteiger partial charge in [-0.2, -0.15) is 0 Å². The largest absolute Gasteiger partial charge is 0.504 e. The average molecular weight is 322 g/mol. The Morgan fingerprint density at radius 2 is 1.39 bits per heavy atom. The third-order valence-corrected chi connectivity index (χ3v) is 2.80. The number of aliphatic hydroxyl groups excluding tert-OH is 2. The van der Waals surface area contributed by atoms with Gasteiger partial charge in [-0.25, -0.2) is 0 Å². The van der Waals surface area contributed by atoms with Crippen LogP contribution >= 0.6 is 0 Å². The number of aliphatic hydroxyl groups is 2. The second-order valence-electron chi connectivity index (χ2n) is 4.47. The maximum absolute atomic E-state index is 9.07. The van der Waals surface area contributed by atoms with Crippen LogP contribution in [0.3, 0.4) is 0 Å². The van der Waals surface area contributed by atoms with E-state index < -0.39 is 6.10 Å². The molecule has 2 aromatic carbocycles. The van der Waals surface area contributed by atoms with Crippen LogP contribution in [0.1, 0.15) is 0 Å². The van der Waals surface area contributed by atoms with Gasteiger partial charge < -0.3 is 29.5 Å². The number of phenolic OH excluding ortho intramolecular Hbond substituents is 1. The van der Waals surface area contributed by atoms with Crippen LogP contribution in [0, 0.1) is 0 Å². The van der Waals surface area contributed by atoms with E-state index in [4.69, 9.17) is 29.5 Å².